The summed E-state index contributed by atoms with van der Waals surface area (Å²) in [5.41, 5.74) is 2.75. The first-order chi connectivity index (χ1) is 11.8. The summed E-state index contributed by atoms with van der Waals surface area (Å²) in [4.78, 5) is 36.5. The average Bonchev–Trinajstić information content (AvgIpc) is 2.62. The molecule has 0 aromatic heterocycles. The van der Waals surface area contributed by atoms with E-state index in [-0.39, 0.29) is 23.9 Å². The van der Waals surface area contributed by atoms with Crippen LogP contribution in [0.1, 0.15) is 40.0 Å². The second-order valence-electron chi connectivity index (χ2n) is 6.14. The van der Waals surface area contributed by atoms with Gasteiger partial charge in [-0.05, 0) is 57.9 Å². The van der Waals surface area contributed by atoms with E-state index in [9.17, 15) is 14.4 Å². The van der Waals surface area contributed by atoms with Crippen molar-refractivity contribution in [1.82, 2.24) is 0 Å². The number of benzene rings is 1. The number of methoxy groups -OCH3 is 1. The van der Waals surface area contributed by atoms with Crippen LogP contribution in [-0.4, -0.2) is 24.6 Å². The summed E-state index contributed by atoms with van der Waals surface area (Å²) < 4.78 is 5.07. The van der Waals surface area contributed by atoms with Crippen molar-refractivity contribution in [2.45, 2.75) is 40.0 Å². The van der Waals surface area contributed by atoms with Crippen molar-refractivity contribution in [2.75, 3.05) is 12.4 Å². The van der Waals surface area contributed by atoms with Crippen molar-refractivity contribution in [2.24, 2.45) is 0 Å². The molecule has 1 aliphatic rings. The van der Waals surface area contributed by atoms with Gasteiger partial charge in [-0.25, -0.2) is 0 Å². The maximum Gasteiger partial charge on any atom is 0.224 e. The number of hydrogen-bond donors (Lipinski definition) is 1. The Morgan fingerprint density at radius 2 is 1.56 bits per heavy atom. The van der Waals surface area contributed by atoms with Crippen molar-refractivity contribution >= 4 is 23.2 Å². The Hall–Kier alpha value is -2.69. The van der Waals surface area contributed by atoms with E-state index in [1.165, 1.54) is 0 Å². The highest BCUT2D eigenvalue weighted by atomic mass is 16.5. The zero-order valence-corrected chi connectivity index (χ0v) is 15.1. The third-order valence-electron chi connectivity index (χ3n) is 4.52. The van der Waals surface area contributed by atoms with E-state index in [4.69, 9.17) is 4.74 Å². The zero-order valence-electron chi connectivity index (χ0n) is 15.1. The predicted octanol–water partition coefficient (Wildman–Crippen LogP) is 3.61. The minimum Gasteiger partial charge on any atom is -0.497 e. The van der Waals surface area contributed by atoms with Crippen LogP contribution < -0.4 is 10.1 Å². The van der Waals surface area contributed by atoms with Crippen LogP contribution in [0.4, 0.5) is 5.69 Å². The largest absolute Gasteiger partial charge is 0.497 e. The number of nitrogens with one attached hydrogen (secondary N) is 1. The van der Waals surface area contributed by atoms with Gasteiger partial charge in [0.25, 0.3) is 0 Å². The summed E-state index contributed by atoms with van der Waals surface area (Å²) in [6.07, 6.45) is 1.23. The van der Waals surface area contributed by atoms with Crippen molar-refractivity contribution in [3.63, 3.8) is 0 Å². The van der Waals surface area contributed by atoms with Gasteiger partial charge in [-0.15, -0.1) is 0 Å². The quantitative estimate of drug-likeness (QED) is 0.802. The molecule has 1 aromatic rings. The molecule has 0 radical (unpaired) electrons. The number of carbonyl (C=O) groups is 3. The molecule has 0 heterocycles. The molecule has 0 fully saturated rings. The molecular formula is C20H23NO4. The van der Waals surface area contributed by atoms with Gasteiger partial charge in [0, 0.05) is 34.4 Å². The van der Waals surface area contributed by atoms with E-state index in [0.717, 1.165) is 5.75 Å². The van der Waals surface area contributed by atoms with E-state index in [1.54, 1.807) is 52.1 Å². The van der Waals surface area contributed by atoms with Gasteiger partial charge < -0.3 is 10.1 Å². The Kier molecular flexibility index (Phi) is 5.91. The summed E-state index contributed by atoms with van der Waals surface area (Å²) in [5.74, 6) is 0.445. The summed E-state index contributed by atoms with van der Waals surface area (Å²) in [7, 11) is 1.58. The second kappa shape index (κ2) is 7.92. The van der Waals surface area contributed by atoms with Crippen LogP contribution in [0, 0.1) is 0 Å². The maximum absolute atomic E-state index is 12.3. The molecule has 1 aromatic carbocycles. The van der Waals surface area contributed by atoms with Crippen LogP contribution in [0.25, 0.3) is 0 Å². The third-order valence-corrected chi connectivity index (χ3v) is 4.52. The van der Waals surface area contributed by atoms with Crippen LogP contribution in [0.15, 0.2) is 46.6 Å². The summed E-state index contributed by atoms with van der Waals surface area (Å²) in [6.45, 7) is 5.04. The first-order valence-electron chi connectivity index (χ1n) is 8.25. The Bertz CT molecular complexity index is 769. The lowest BCUT2D eigenvalue weighted by atomic mass is 9.84. The highest BCUT2D eigenvalue weighted by Crippen LogP contribution is 2.27. The Morgan fingerprint density at radius 1 is 0.960 bits per heavy atom. The molecule has 132 valence electrons. The lowest BCUT2D eigenvalue weighted by Crippen LogP contribution is -2.21. The molecule has 0 aliphatic heterocycles. The van der Waals surface area contributed by atoms with Crippen molar-refractivity contribution < 1.29 is 19.1 Å². The van der Waals surface area contributed by atoms with Crippen molar-refractivity contribution in [1.29, 1.82) is 0 Å². The fourth-order valence-electron chi connectivity index (χ4n) is 2.78. The van der Waals surface area contributed by atoms with E-state index in [0.29, 0.717) is 40.8 Å². The van der Waals surface area contributed by atoms with E-state index >= 15 is 0 Å². The lowest BCUT2D eigenvalue weighted by Gasteiger charge is -2.18. The van der Waals surface area contributed by atoms with Crippen LogP contribution >= 0.6 is 0 Å². The van der Waals surface area contributed by atoms with E-state index < -0.39 is 0 Å². The van der Waals surface area contributed by atoms with Crippen LogP contribution in [0.2, 0.25) is 0 Å². The topological polar surface area (TPSA) is 72.5 Å². The SMILES string of the molecule is COc1ccc(NC(=O)CCCC2=C(C)C(=O)C(C)=C(C)C2=O)cc1. The predicted molar refractivity (Wildman–Crippen MR) is 96.6 cm³/mol. The molecule has 0 atom stereocenters. The number of ketones is 2. The first kappa shape index (κ1) is 18.6. The van der Waals surface area contributed by atoms with Crippen LogP contribution in [-0.2, 0) is 14.4 Å². The monoisotopic (exact) mass is 341 g/mol. The molecule has 0 saturated carbocycles. The summed E-state index contributed by atoms with van der Waals surface area (Å²) >= 11 is 0. The molecule has 1 amide bonds. The van der Waals surface area contributed by atoms with Gasteiger partial charge in [0.1, 0.15) is 5.75 Å². The number of amides is 1. The minimum absolute atomic E-state index is 0.0743. The molecule has 0 saturated heterocycles. The number of rotatable bonds is 6. The van der Waals surface area contributed by atoms with Crippen LogP contribution in [0.5, 0.6) is 5.75 Å². The molecule has 2 rings (SSSR count). The Labute approximate surface area is 147 Å². The highest BCUT2D eigenvalue weighted by molar-refractivity contribution is 6.24. The number of ether oxygens (including phenoxy) is 1. The zero-order chi connectivity index (χ0) is 18.6. The molecule has 5 nitrogen and oxygen atoms in total. The van der Waals surface area contributed by atoms with Crippen molar-refractivity contribution in [3.05, 3.63) is 46.6 Å². The van der Waals surface area contributed by atoms with E-state index in [2.05, 4.69) is 5.32 Å². The number of Topliss-reactive ketones (excluding diaryl/α,β-unsaturated/α-hetero) is 2. The van der Waals surface area contributed by atoms with Gasteiger partial charge in [-0.2, -0.15) is 0 Å². The van der Waals surface area contributed by atoms with Gasteiger partial charge in [0.15, 0.2) is 11.6 Å². The molecule has 0 spiro atoms. The highest BCUT2D eigenvalue weighted by Gasteiger charge is 2.27. The lowest BCUT2D eigenvalue weighted by molar-refractivity contribution is -0.117. The summed E-state index contributed by atoms with van der Waals surface area (Å²) in [6, 6.07) is 7.08. The number of hydrogen-bond acceptors (Lipinski definition) is 4. The van der Waals surface area contributed by atoms with Crippen molar-refractivity contribution in [3.8, 4) is 5.75 Å². The number of carbonyl (C=O) groups excluding carboxylic acids is 3. The molecule has 1 aliphatic carbocycles. The van der Waals surface area contributed by atoms with E-state index in [1.807, 2.05) is 0 Å². The fraction of sp³-hybridized carbons (Fsp3) is 0.350. The maximum atomic E-state index is 12.3. The molecule has 0 bridgehead atoms. The van der Waals surface area contributed by atoms with Gasteiger partial charge in [-0.1, -0.05) is 0 Å². The van der Waals surface area contributed by atoms with Gasteiger partial charge in [0.05, 0.1) is 7.11 Å². The summed E-state index contributed by atoms with van der Waals surface area (Å²) in [5, 5.41) is 2.81. The average molecular weight is 341 g/mol. The first-order valence-corrected chi connectivity index (χ1v) is 8.25. The smallest absolute Gasteiger partial charge is 0.224 e. The Balaban J connectivity index is 1.90. The molecular weight excluding hydrogens is 318 g/mol. The molecule has 5 heteroatoms. The molecule has 0 unspecified atom stereocenters. The standard InChI is InChI=1S/C20H23NO4/c1-12-13(2)20(24)17(14(3)19(12)23)6-5-7-18(22)21-15-8-10-16(25-4)11-9-15/h8-11H,5-7H2,1-4H3,(H,21,22). The molecule has 1 N–H and O–H groups in total. The van der Waals surface area contributed by atoms with Gasteiger partial charge in [-0.3, -0.25) is 14.4 Å². The molecule has 25 heavy (non-hydrogen) atoms. The number of anilines is 1. The normalized spacial score (nSPS) is 14.9. The minimum atomic E-state index is -0.124. The fourth-order valence-corrected chi connectivity index (χ4v) is 2.78. The Morgan fingerprint density at radius 3 is 2.16 bits per heavy atom. The second-order valence-corrected chi connectivity index (χ2v) is 6.14. The third kappa shape index (κ3) is 4.24. The van der Waals surface area contributed by atoms with Gasteiger partial charge in [0.2, 0.25) is 5.91 Å². The number of allylic oxidation sites excluding steroid dienone is 4. The van der Waals surface area contributed by atoms with Crippen LogP contribution in [0.3, 0.4) is 0 Å². The van der Waals surface area contributed by atoms with Gasteiger partial charge >= 0.3 is 0 Å².